The quantitative estimate of drug-likeness (QED) is 0.379. The summed E-state index contributed by atoms with van der Waals surface area (Å²) in [6.45, 7) is 3.60. The molecule has 0 atom stereocenters. The Morgan fingerprint density at radius 3 is 2.19 bits per heavy atom. The van der Waals surface area contributed by atoms with Crippen molar-refractivity contribution < 1.29 is 18.7 Å². The summed E-state index contributed by atoms with van der Waals surface area (Å²) in [6.07, 6.45) is 0. The van der Waals surface area contributed by atoms with Gasteiger partial charge in [0.25, 0.3) is 0 Å². The first-order chi connectivity index (χ1) is 14.9. The minimum Gasteiger partial charge on any atom is -0.478 e. The number of nitrogens with zero attached hydrogens (tertiary/aromatic N) is 2. The molecule has 0 aliphatic rings. The summed E-state index contributed by atoms with van der Waals surface area (Å²) in [5, 5.41) is 15.8. The van der Waals surface area contributed by atoms with Crippen molar-refractivity contribution >= 4 is 39.6 Å². The zero-order valence-electron chi connectivity index (χ0n) is 16.3. The number of aromatic carboxylic acids is 1. The van der Waals surface area contributed by atoms with Crippen LogP contribution in [0.3, 0.4) is 0 Å². The van der Waals surface area contributed by atoms with Crippen LogP contribution in [0.25, 0.3) is 45.0 Å². The lowest BCUT2D eigenvalue weighted by Gasteiger charge is -2.11. The number of para-hydroxylation sites is 1. The molecule has 31 heavy (non-hydrogen) atoms. The fourth-order valence-corrected chi connectivity index (χ4v) is 4.66. The van der Waals surface area contributed by atoms with Crippen LogP contribution in [0.1, 0.15) is 20.4 Å². The Kier molecular flexibility index (Phi) is 4.57. The second-order valence-corrected chi connectivity index (χ2v) is 8.93. The normalized spacial score (nSPS) is 11.3. The fraction of sp³-hybridized carbons (Fsp3) is 0.0909. The van der Waals surface area contributed by atoms with Crippen LogP contribution in [0.2, 0.25) is 0 Å². The number of carbonyl (C=O) groups is 1. The first-order valence-electron chi connectivity index (χ1n) is 9.20. The highest BCUT2D eigenvalue weighted by Crippen LogP contribution is 2.40. The number of hydrogen-bond donors (Lipinski definition) is 1. The lowest BCUT2D eigenvalue weighted by atomic mass is 9.97. The van der Waals surface area contributed by atoms with Crippen LogP contribution in [0.5, 0.6) is 0 Å². The van der Waals surface area contributed by atoms with Crippen molar-refractivity contribution in [3.05, 3.63) is 67.1 Å². The molecule has 0 fully saturated rings. The summed E-state index contributed by atoms with van der Waals surface area (Å²) >= 11 is 2.69. The van der Waals surface area contributed by atoms with Gasteiger partial charge in [-0.25, -0.2) is 19.6 Å². The summed E-state index contributed by atoms with van der Waals surface area (Å²) < 4.78 is 11.6. The molecule has 0 aliphatic carbocycles. The Balaban J connectivity index is 1.90. The molecule has 4 aromatic heterocycles. The van der Waals surface area contributed by atoms with Gasteiger partial charge in [-0.2, -0.15) is 0 Å². The van der Waals surface area contributed by atoms with E-state index in [9.17, 15) is 14.7 Å². The first-order valence-corrected chi connectivity index (χ1v) is 11.0. The molecule has 4 heterocycles. The van der Waals surface area contributed by atoms with Crippen LogP contribution in [0, 0.1) is 13.8 Å². The van der Waals surface area contributed by atoms with Gasteiger partial charge in [-0.05, 0) is 26.0 Å². The minimum absolute atomic E-state index is 0.0274. The van der Waals surface area contributed by atoms with E-state index in [1.807, 2.05) is 25.1 Å². The summed E-state index contributed by atoms with van der Waals surface area (Å²) in [4.78, 5) is 34.3. The Bertz CT molecular complexity index is 1490. The number of furan rings is 1. The van der Waals surface area contributed by atoms with Crippen molar-refractivity contribution in [2.45, 2.75) is 13.8 Å². The van der Waals surface area contributed by atoms with Gasteiger partial charge in [-0.3, -0.25) is 0 Å². The molecular weight excluding hydrogens is 436 g/mol. The van der Waals surface area contributed by atoms with Gasteiger partial charge in [0.1, 0.15) is 11.1 Å². The molecule has 0 amide bonds. The summed E-state index contributed by atoms with van der Waals surface area (Å²) in [7, 11) is 0. The number of aromatic nitrogens is 2. The molecule has 7 nitrogen and oxygen atoms in total. The van der Waals surface area contributed by atoms with Crippen LogP contribution in [-0.4, -0.2) is 21.0 Å². The lowest BCUT2D eigenvalue weighted by Crippen LogP contribution is -2.15. The van der Waals surface area contributed by atoms with Crippen LogP contribution in [0.15, 0.2) is 54.7 Å². The molecule has 0 saturated heterocycles. The van der Waals surface area contributed by atoms with E-state index in [-0.39, 0.29) is 33.9 Å². The fourth-order valence-electron chi connectivity index (χ4n) is 3.45. The van der Waals surface area contributed by atoms with E-state index in [0.717, 1.165) is 10.4 Å². The van der Waals surface area contributed by atoms with Crippen molar-refractivity contribution in [2.24, 2.45) is 0 Å². The topological polar surface area (TPSA) is 106 Å². The summed E-state index contributed by atoms with van der Waals surface area (Å²) in [6, 6.07) is 9.05. The van der Waals surface area contributed by atoms with E-state index in [2.05, 4.69) is 9.97 Å². The zero-order valence-corrected chi connectivity index (χ0v) is 18.0. The van der Waals surface area contributed by atoms with Gasteiger partial charge in [0.2, 0.25) is 0 Å². The van der Waals surface area contributed by atoms with Gasteiger partial charge in [0.15, 0.2) is 11.5 Å². The van der Waals surface area contributed by atoms with Gasteiger partial charge < -0.3 is 13.9 Å². The van der Waals surface area contributed by atoms with Gasteiger partial charge in [-0.1, -0.05) is 18.2 Å². The second-order valence-electron chi connectivity index (χ2n) is 6.80. The van der Waals surface area contributed by atoms with Gasteiger partial charge in [-0.15, -0.1) is 22.7 Å². The molecule has 5 aromatic rings. The highest BCUT2D eigenvalue weighted by Gasteiger charge is 2.31. The van der Waals surface area contributed by atoms with E-state index in [4.69, 9.17) is 8.83 Å². The Morgan fingerprint density at radius 2 is 1.61 bits per heavy atom. The maximum Gasteiger partial charge on any atom is 0.346 e. The van der Waals surface area contributed by atoms with Crippen LogP contribution in [-0.2, 0) is 0 Å². The molecule has 9 heteroatoms. The summed E-state index contributed by atoms with van der Waals surface area (Å²) in [5.41, 5.74) is 0.339. The molecule has 0 radical (unpaired) electrons. The molecule has 0 aliphatic heterocycles. The van der Waals surface area contributed by atoms with Gasteiger partial charge in [0.05, 0.1) is 32.5 Å². The van der Waals surface area contributed by atoms with E-state index >= 15 is 0 Å². The van der Waals surface area contributed by atoms with Crippen LogP contribution in [0.4, 0.5) is 0 Å². The monoisotopic (exact) mass is 450 g/mol. The van der Waals surface area contributed by atoms with Crippen molar-refractivity contribution in [1.29, 1.82) is 0 Å². The number of hydrogen-bond acceptors (Lipinski definition) is 8. The van der Waals surface area contributed by atoms with Crippen molar-refractivity contribution in [3.63, 3.8) is 0 Å². The molecule has 0 unspecified atom stereocenters. The Labute approximate surface area is 183 Å². The molecule has 0 saturated carbocycles. The van der Waals surface area contributed by atoms with E-state index < -0.39 is 11.6 Å². The lowest BCUT2D eigenvalue weighted by molar-refractivity contribution is 0.0697. The predicted molar refractivity (Wildman–Crippen MR) is 119 cm³/mol. The highest BCUT2D eigenvalue weighted by atomic mass is 32.1. The standard InChI is InChI=1S/C22H14N2O5S2/c1-10-23-13(8-30-10)17-19(21(25)26)18(14-9-31-11(2)24-14)22(27)29-20(17)16-7-12-5-3-4-6-15(12)28-16/h3-9H,1-2H3,(H,25,26). The number of carboxylic acids is 1. The molecule has 154 valence electrons. The Hall–Kier alpha value is -3.56. The molecule has 1 N–H and O–H groups in total. The molecule has 0 spiro atoms. The van der Waals surface area contributed by atoms with Crippen LogP contribution >= 0.6 is 22.7 Å². The smallest absolute Gasteiger partial charge is 0.346 e. The molecule has 5 rings (SSSR count). The van der Waals surface area contributed by atoms with Gasteiger partial charge >= 0.3 is 11.6 Å². The number of carboxylic acid groups (broad SMARTS) is 1. The van der Waals surface area contributed by atoms with Crippen LogP contribution < -0.4 is 5.63 Å². The Morgan fingerprint density at radius 1 is 0.968 bits per heavy atom. The minimum atomic E-state index is -1.27. The molecule has 0 bridgehead atoms. The first kappa shape index (κ1) is 19.4. The third-order valence-corrected chi connectivity index (χ3v) is 6.29. The zero-order chi connectivity index (χ0) is 21.7. The number of thiazole rings is 2. The van der Waals surface area contributed by atoms with Crippen molar-refractivity contribution in [3.8, 4) is 34.0 Å². The number of aryl methyl sites for hydroxylation is 2. The second kappa shape index (κ2) is 7.29. The number of fused-ring (bicyclic) bond motifs is 1. The van der Waals surface area contributed by atoms with Crippen molar-refractivity contribution in [2.75, 3.05) is 0 Å². The van der Waals surface area contributed by atoms with E-state index in [1.54, 1.807) is 29.8 Å². The van der Waals surface area contributed by atoms with E-state index in [0.29, 0.717) is 16.3 Å². The SMILES string of the molecule is Cc1nc(-c2c(-c3cc4ccccc4o3)oc(=O)c(-c3csc(C)n3)c2C(=O)O)cs1. The third-order valence-electron chi connectivity index (χ3n) is 4.74. The maximum absolute atomic E-state index is 13.0. The third kappa shape index (κ3) is 3.28. The average Bonchev–Trinajstić information content (AvgIpc) is 3.46. The molecular formula is C22H14N2O5S2. The molecule has 1 aromatic carbocycles. The number of rotatable bonds is 4. The van der Waals surface area contributed by atoms with Crippen molar-refractivity contribution in [1.82, 2.24) is 9.97 Å². The maximum atomic E-state index is 13.0. The largest absolute Gasteiger partial charge is 0.478 e. The van der Waals surface area contributed by atoms with E-state index in [1.165, 1.54) is 22.7 Å². The summed E-state index contributed by atoms with van der Waals surface area (Å²) in [5.74, 6) is -0.992. The average molecular weight is 450 g/mol. The van der Waals surface area contributed by atoms with Gasteiger partial charge in [0, 0.05) is 16.1 Å². The predicted octanol–water partition coefficient (Wildman–Crippen LogP) is 5.62. The highest BCUT2D eigenvalue weighted by molar-refractivity contribution is 7.10. The number of benzene rings is 1.